The first-order valence-corrected chi connectivity index (χ1v) is 11.7. The van der Waals surface area contributed by atoms with Crippen LogP contribution >= 0.6 is 22.7 Å². The third kappa shape index (κ3) is 3.20. The lowest BCUT2D eigenvalue weighted by Crippen LogP contribution is -2.44. The molecule has 0 atom stereocenters. The summed E-state index contributed by atoms with van der Waals surface area (Å²) in [5.41, 5.74) is 7.27. The third-order valence-electron chi connectivity index (χ3n) is 3.31. The van der Waals surface area contributed by atoms with Crippen molar-refractivity contribution in [1.29, 1.82) is 0 Å². The lowest BCUT2D eigenvalue weighted by atomic mass is 10.1. The van der Waals surface area contributed by atoms with Crippen LogP contribution in [0.5, 0.6) is 0 Å². The molecule has 3 heterocycles. The Kier molecular flexibility index (Phi) is 4.14. The zero-order valence-electron chi connectivity index (χ0n) is 12.0. The summed E-state index contributed by atoms with van der Waals surface area (Å²) >= 11 is 3.47. The van der Waals surface area contributed by atoms with Crippen molar-refractivity contribution in [3.05, 3.63) is 68.9 Å². The molecule has 0 unspecified atom stereocenters. The van der Waals surface area contributed by atoms with Gasteiger partial charge in [-0.3, -0.25) is 0 Å². The molecule has 0 aliphatic rings. The Balaban J connectivity index is 2.08. The van der Waals surface area contributed by atoms with Crippen LogP contribution in [-0.4, -0.2) is 18.0 Å². The first-order valence-electron chi connectivity index (χ1n) is 6.72. The standard InChI is InChI=1S/C16H16N2S2Si/c1-21(2,16-17-6-3-7-18-16)12-15(13-4-8-19-10-13)14-5-9-20-11-14/h3-12H,1-2H3. The van der Waals surface area contributed by atoms with E-state index in [1.54, 1.807) is 22.7 Å². The molecule has 0 spiro atoms. The van der Waals surface area contributed by atoms with Gasteiger partial charge in [-0.25, -0.2) is 9.97 Å². The number of nitrogens with zero attached hydrogens (tertiary/aromatic N) is 2. The van der Waals surface area contributed by atoms with Crippen molar-refractivity contribution >= 4 is 41.8 Å². The van der Waals surface area contributed by atoms with Crippen molar-refractivity contribution in [3.63, 3.8) is 0 Å². The molecule has 0 N–H and O–H groups in total. The number of aromatic nitrogens is 2. The minimum atomic E-state index is -1.83. The highest BCUT2D eigenvalue weighted by Gasteiger charge is 2.25. The summed E-state index contributed by atoms with van der Waals surface area (Å²) in [6, 6.07) is 6.24. The van der Waals surface area contributed by atoms with Crippen molar-refractivity contribution < 1.29 is 0 Å². The minimum absolute atomic E-state index is 0.980. The van der Waals surface area contributed by atoms with E-state index in [9.17, 15) is 0 Å². The average molecular weight is 329 g/mol. The van der Waals surface area contributed by atoms with E-state index >= 15 is 0 Å². The van der Waals surface area contributed by atoms with Crippen LogP contribution in [0.3, 0.4) is 0 Å². The largest absolute Gasteiger partial charge is 0.246 e. The first-order chi connectivity index (χ1) is 10.2. The predicted molar refractivity (Wildman–Crippen MR) is 94.9 cm³/mol. The van der Waals surface area contributed by atoms with Crippen LogP contribution in [0.1, 0.15) is 11.1 Å². The van der Waals surface area contributed by atoms with Gasteiger partial charge in [-0.05, 0) is 56.4 Å². The Morgan fingerprint density at radius 1 is 1.00 bits per heavy atom. The van der Waals surface area contributed by atoms with Gasteiger partial charge >= 0.3 is 0 Å². The Morgan fingerprint density at radius 2 is 1.57 bits per heavy atom. The second kappa shape index (κ2) is 6.05. The first kappa shape index (κ1) is 14.4. The zero-order chi connectivity index (χ0) is 14.7. The fourth-order valence-electron chi connectivity index (χ4n) is 2.23. The molecule has 3 rings (SSSR count). The highest BCUT2D eigenvalue weighted by atomic mass is 32.1. The van der Waals surface area contributed by atoms with E-state index < -0.39 is 8.07 Å². The highest BCUT2D eigenvalue weighted by Crippen LogP contribution is 2.28. The molecule has 0 radical (unpaired) electrons. The molecule has 5 heteroatoms. The van der Waals surface area contributed by atoms with Crippen LogP contribution in [0.4, 0.5) is 0 Å². The van der Waals surface area contributed by atoms with Gasteiger partial charge in [-0.15, -0.1) is 0 Å². The van der Waals surface area contributed by atoms with Crippen molar-refractivity contribution in [2.45, 2.75) is 13.1 Å². The van der Waals surface area contributed by atoms with Gasteiger partial charge in [0.25, 0.3) is 0 Å². The second-order valence-electron chi connectivity index (χ2n) is 5.38. The number of rotatable bonds is 4. The SMILES string of the molecule is C[Si](C)(C=C(c1ccsc1)c1ccsc1)c1ncccn1. The Hall–Kier alpha value is -1.56. The maximum atomic E-state index is 4.48. The van der Waals surface area contributed by atoms with Crippen LogP contribution in [0.2, 0.25) is 13.1 Å². The normalized spacial score (nSPS) is 11.3. The van der Waals surface area contributed by atoms with Crippen LogP contribution in [0.15, 0.2) is 57.8 Å². The fraction of sp³-hybridized carbons (Fsp3) is 0.125. The summed E-state index contributed by atoms with van der Waals surface area (Å²) in [5.74, 6) is 0. The van der Waals surface area contributed by atoms with Gasteiger partial charge in [0, 0.05) is 12.4 Å². The minimum Gasteiger partial charge on any atom is -0.246 e. The van der Waals surface area contributed by atoms with Gasteiger partial charge in [0.05, 0.1) is 0 Å². The van der Waals surface area contributed by atoms with Gasteiger partial charge in [0.15, 0.2) is 8.07 Å². The smallest absolute Gasteiger partial charge is 0.152 e. The summed E-state index contributed by atoms with van der Waals surface area (Å²) in [6.45, 7) is 4.59. The van der Waals surface area contributed by atoms with Crippen LogP contribution in [0.25, 0.3) is 5.57 Å². The maximum absolute atomic E-state index is 4.48. The molecule has 106 valence electrons. The third-order valence-corrected chi connectivity index (χ3v) is 7.10. The van der Waals surface area contributed by atoms with Crippen molar-refractivity contribution in [1.82, 2.24) is 9.97 Å². The van der Waals surface area contributed by atoms with E-state index in [-0.39, 0.29) is 0 Å². The molecular weight excluding hydrogens is 312 g/mol. The van der Waals surface area contributed by atoms with E-state index in [4.69, 9.17) is 0 Å². The molecule has 0 bridgehead atoms. The Morgan fingerprint density at radius 3 is 2.05 bits per heavy atom. The van der Waals surface area contributed by atoms with E-state index in [1.807, 2.05) is 18.5 Å². The molecule has 0 aliphatic heterocycles. The molecule has 0 saturated heterocycles. The molecule has 0 fully saturated rings. The topological polar surface area (TPSA) is 25.8 Å². The van der Waals surface area contributed by atoms with E-state index in [1.165, 1.54) is 16.7 Å². The molecule has 0 aromatic carbocycles. The summed E-state index contributed by atoms with van der Waals surface area (Å²) < 4.78 is 0. The molecule has 0 saturated carbocycles. The Bertz CT molecular complexity index is 681. The van der Waals surface area contributed by atoms with Gasteiger partial charge in [-0.2, -0.15) is 22.7 Å². The molecule has 0 aliphatic carbocycles. The summed E-state index contributed by atoms with van der Waals surface area (Å²) in [4.78, 5) is 8.95. The lowest BCUT2D eigenvalue weighted by molar-refractivity contribution is 1.22. The molecule has 3 aromatic rings. The quantitative estimate of drug-likeness (QED) is 0.671. The van der Waals surface area contributed by atoms with Gasteiger partial charge in [-0.1, -0.05) is 18.8 Å². The Labute approximate surface area is 133 Å². The monoisotopic (exact) mass is 328 g/mol. The number of hydrogen-bond acceptors (Lipinski definition) is 4. The van der Waals surface area contributed by atoms with Gasteiger partial charge in [0.2, 0.25) is 0 Å². The number of thiophene rings is 2. The van der Waals surface area contributed by atoms with E-state index in [0.717, 1.165) is 5.45 Å². The second-order valence-corrected chi connectivity index (χ2v) is 11.1. The molecule has 2 nitrogen and oxygen atoms in total. The van der Waals surface area contributed by atoms with Gasteiger partial charge < -0.3 is 0 Å². The fourth-order valence-corrected chi connectivity index (χ4v) is 5.54. The number of hydrogen-bond donors (Lipinski definition) is 0. The predicted octanol–water partition coefficient (Wildman–Crippen LogP) is 4.19. The van der Waals surface area contributed by atoms with Crippen LogP contribution in [0, 0.1) is 0 Å². The average Bonchev–Trinajstić information content (AvgIpc) is 3.19. The molecule has 3 aromatic heterocycles. The van der Waals surface area contributed by atoms with Crippen molar-refractivity contribution in [3.8, 4) is 0 Å². The molecule has 0 amide bonds. The van der Waals surface area contributed by atoms with E-state index in [0.29, 0.717) is 0 Å². The van der Waals surface area contributed by atoms with E-state index in [2.05, 4.69) is 62.4 Å². The summed E-state index contributed by atoms with van der Waals surface area (Å²) in [6.07, 6.45) is 3.67. The maximum Gasteiger partial charge on any atom is 0.152 e. The molecule has 21 heavy (non-hydrogen) atoms. The van der Waals surface area contributed by atoms with Crippen LogP contribution < -0.4 is 5.45 Å². The van der Waals surface area contributed by atoms with Crippen LogP contribution in [-0.2, 0) is 0 Å². The van der Waals surface area contributed by atoms with Crippen molar-refractivity contribution in [2.24, 2.45) is 0 Å². The van der Waals surface area contributed by atoms with Crippen molar-refractivity contribution in [2.75, 3.05) is 0 Å². The van der Waals surface area contributed by atoms with Gasteiger partial charge in [0.1, 0.15) is 5.45 Å². The highest BCUT2D eigenvalue weighted by molar-refractivity contribution is 7.08. The molecular formula is C16H16N2S2Si. The lowest BCUT2D eigenvalue weighted by Gasteiger charge is -2.18. The summed E-state index contributed by atoms with van der Waals surface area (Å²) in [5, 5.41) is 8.67. The zero-order valence-corrected chi connectivity index (χ0v) is 14.6. The summed E-state index contributed by atoms with van der Waals surface area (Å²) in [7, 11) is -1.83.